The molecule has 0 unspecified atom stereocenters. The summed E-state index contributed by atoms with van der Waals surface area (Å²) >= 11 is 7.50. The van der Waals surface area contributed by atoms with Crippen molar-refractivity contribution in [3.63, 3.8) is 0 Å². The number of thioether (sulfide) groups is 1. The number of hydrogen-bond donors (Lipinski definition) is 1. The van der Waals surface area contributed by atoms with Gasteiger partial charge < -0.3 is 9.47 Å². The van der Waals surface area contributed by atoms with Gasteiger partial charge in [0, 0.05) is 9.92 Å². The Morgan fingerprint density at radius 2 is 1.88 bits per heavy atom. The van der Waals surface area contributed by atoms with Gasteiger partial charge in [-0.05, 0) is 67.4 Å². The molecule has 5 nitrogen and oxygen atoms in total. The van der Waals surface area contributed by atoms with Gasteiger partial charge in [0.05, 0.1) is 18.6 Å². The molecule has 0 aliphatic carbocycles. The van der Waals surface area contributed by atoms with E-state index in [4.69, 9.17) is 21.1 Å². The Bertz CT molecular complexity index is 1070. The van der Waals surface area contributed by atoms with Crippen LogP contribution in [0.3, 0.4) is 0 Å². The summed E-state index contributed by atoms with van der Waals surface area (Å²) in [6.45, 7) is 4.82. The van der Waals surface area contributed by atoms with Crippen molar-refractivity contribution in [2.75, 3.05) is 12.4 Å². The molecule has 0 radical (unpaired) electrons. The van der Waals surface area contributed by atoms with E-state index in [1.54, 1.807) is 6.21 Å². The van der Waals surface area contributed by atoms with Gasteiger partial charge in [-0.2, -0.15) is 5.10 Å². The monoisotopic (exact) mass is 468 g/mol. The first-order valence-corrected chi connectivity index (χ1v) is 11.6. The van der Waals surface area contributed by atoms with E-state index in [0.29, 0.717) is 35.5 Å². The Morgan fingerprint density at radius 1 is 1.06 bits per heavy atom. The van der Waals surface area contributed by atoms with Crippen LogP contribution < -0.4 is 14.9 Å². The van der Waals surface area contributed by atoms with Crippen LogP contribution in [0, 0.1) is 6.92 Å². The largest absolute Gasteiger partial charge is 0.490 e. The molecule has 0 atom stereocenters. The molecule has 1 N–H and O–H groups in total. The van der Waals surface area contributed by atoms with Crippen molar-refractivity contribution in [1.82, 2.24) is 5.43 Å². The predicted octanol–water partition coefficient (Wildman–Crippen LogP) is 5.87. The summed E-state index contributed by atoms with van der Waals surface area (Å²) in [6.07, 6.45) is 1.58. The summed E-state index contributed by atoms with van der Waals surface area (Å²) in [4.78, 5) is 13.1. The topological polar surface area (TPSA) is 59.9 Å². The van der Waals surface area contributed by atoms with Gasteiger partial charge in [0.15, 0.2) is 11.5 Å². The molecule has 0 aliphatic rings. The fraction of sp³-hybridized carbons (Fsp3) is 0.200. The molecule has 166 valence electrons. The van der Waals surface area contributed by atoms with Gasteiger partial charge in [-0.1, -0.05) is 41.4 Å². The van der Waals surface area contributed by atoms with Crippen molar-refractivity contribution in [1.29, 1.82) is 0 Å². The quantitative estimate of drug-likeness (QED) is 0.230. The number of amides is 1. The van der Waals surface area contributed by atoms with Gasteiger partial charge >= 0.3 is 0 Å². The summed E-state index contributed by atoms with van der Waals surface area (Å²) in [7, 11) is 0. The number of hydrogen-bond acceptors (Lipinski definition) is 5. The Hall–Kier alpha value is -2.96. The number of carbonyl (C=O) groups excluding carboxylic acids is 1. The standard InChI is InChI=1S/C25H25ClN2O3S/c1-3-30-24-14-19(9-12-23(24)31-16-20-5-4-6-21(26)13-20)15-27-28-25(29)17-32-22-10-7-18(2)8-11-22/h4-15H,3,16-17H2,1-2H3,(H,28,29)/b27-15-. The molecular weight excluding hydrogens is 444 g/mol. The third kappa shape index (κ3) is 7.62. The van der Waals surface area contributed by atoms with Crippen LogP contribution in [0.4, 0.5) is 0 Å². The number of nitrogens with one attached hydrogen (secondary N) is 1. The van der Waals surface area contributed by atoms with E-state index in [1.165, 1.54) is 17.3 Å². The third-order valence-electron chi connectivity index (χ3n) is 4.34. The maximum atomic E-state index is 12.0. The number of nitrogens with zero attached hydrogens (tertiary/aromatic N) is 1. The summed E-state index contributed by atoms with van der Waals surface area (Å²) in [5.74, 6) is 1.36. The van der Waals surface area contributed by atoms with Gasteiger partial charge in [0.25, 0.3) is 0 Å². The first kappa shape index (κ1) is 23.7. The predicted molar refractivity (Wildman–Crippen MR) is 131 cm³/mol. The van der Waals surface area contributed by atoms with Gasteiger partial charge in [0.1, 0.15) is 6.61 Å². The zero-order valence-corrected chi connectivity index (χ0v) is 19.6. The minimum absolute atomic E-state index is 0.168. The molecule has 0 bridgehead atoms. The molecule has 32 heavy (non-hydrogen) atoms. The van der Waals surface area contributed by atoms with E-state index in [1.807, 2.05) is 80.6 Å². The summed E-state index contributed by atoms with van der Waals surface area (Å²) in [5, 5.41) is 4.72. The second-order valence-electron chi connectivity index (χ2n) is 6.95. The molecule has 0 aromatic heterocycles. The van der Waals surface area contributed by atoms with Crippen LogP contribution in [0.25, 0.3) is 0 Å². The van der Waals surface area contributed by atoms with E-state index in [9.17, 15) is 4.79 Å². The first-order chi connectivity index (χ1) is 15.5. The van der Waals surface area contributed by atoms with Crippen LogP contribution in [-0.4, -0.2) is 24.5 Å². The van der Waals surface area contributed by atoms with Crippen LogP contribution in [0.1, 0.15) is 23.6 Å². The minimum Gasteiger partial charge on any atom is -0.490 e. The number of ether oxygens (including phenoxy) is 2. The maximum absolute atomic E-state index is 12.0. The van der Waals surface area contributed by atoms with Crippen molar-refractivity contribution in [2.45, 2.75) is 25.3 Å². The van der Waals surface area contributed by atoms with E-state index < -0.39 is 0 Å². The molecule has 0 saturated carbocycles. The van der Waals surface area contributed by atoms with Gasteiger partial charge in [0.2, 0.25) is 5.91 Å². The molecule has 7 heteroatoms. The molecule has 0 fully saturated rings. The van der Waals surface area contributed by atoms with Crippen LogP contribution in [-0.2, 0) is 11.4 Å². The Kier molecular flexibility index (Phi) is 9.01. The highest BCUT2D eigenvalue weighted by Gasteiger charge is 2.07. The van der Waals surface area contributed by atoms with Crippen molar-refractivity contribution in [3.05, 3.63) is 88.4 Å². The minimum atomic E-state index is -0.168. The maximum Gasteiger partial charge on any atom is 0.250 e. The molecule has 3 aromatic rings. The average molecular weight is 469 g/mol. The van der Waals surface area contributed by atoms with Crippen LogP contribution in [0.15, 0.2) is 76.7 Å². The molecule has 0 aliphatic heterocycles. The van der Waals surface area contributed by atoms with Gasteiger partial charge in [-0.25, -0.2) is 5.43 Å². The summed E-state index contributed by atoms with van der Waals surface area (Å²) in [5.41, 5.74) is 5.50. The highest BCUT2D eigenvalue weighted by atomic mass is 35.5. The Labute approximate surface area is 197 Å². The fourth-order valence-corrected chi connectivity index (χ4v) is 3.68. The van der Waals surface area contributed by atoms with Gasteiger partial charge in [-0.3, -0.25) is 4.79 Å². The third-order valence-corrected chi connectivity index (χ3v) is 5.59. The molecule has 1 amide bonds. The fourth-order valence-electron chi connectivity index (χ4n) is 2.77. The molecule has 0 heterocycles. The van der Waals surface area contributed by atoms with Gasteiger partial charge in [-0.15, -0.1) is 11.8 Å². The number of benzene rings is 3. The number of aryl methyl sites for hydroxylation is 1. The van der Waals surface area contributed by atoms with E-state index in [-0.39, 0.29) is 5.91 Å². The van der Waals surface area contributed by atoms with Crippen molar-refractivity contribution in [2.24, 2.45) is 5.10 Å². The van der Waals surface area contributed by atoms with Crippen LogP contribution in [0.2, 0.25) is 5.02 Å². The SMILES string of the molecule is CCOc1cc(/C=N\NC(=O)CSc2ccc(C)cc2)ccc1OCc1cccc(Cl)c1. The molecular formula is C25H25ClN2O3S. The van der Waals surface area contributed by atoms with E-state index in [2.05, 4.69) is 10.5 Å². The lowest BCUT2D eigenvalue weighted by Gasteiger charge is -2.12. The zero-order chi connectivity index (χ0) is 22.8. The normalized spacial score (nSPS) is 10.8. The highest BCUT2D eigenvalue weighted by Crippen LogP contribution is 2.29. The van der Waals surface area contributed by atoms with Crippen molar-refractivity contribution in [3.8, 4) is 11.5 Å². The highest BCUT2D eigenvalue weighted by molar-refractivity contribution is 8.00. The molecule has 3 aromatic carbocycles. The second-order valence-corrected chi connectivity index (χ2v) is 8.44. The lowest BCUT2D eigenvalue weighted by atomic mass is 10.2. The van der Waals surface area contributed by atoms with Crippen LogP contribution in [0.5, 0.6) is 11.5 Å². The smallest absolute Gasteiger partial charge is 0.250 e. The first-order valence-electron chi connectivity index (χ1n) is 10.2. The summed E-state index contributed by atoms with van der Waals surface area (Å²) in [6, 6.07) is 21.1. The second kappa shape index (κ2) is 12.2. The van der Waals surface area contributed by atoms with E-state index in [0.717, 1.165) is 16.0 Å². The number of carbonyl (C=O) groups is 1. The molecule has 0 spiro atoms. The number of hydrazone groups is 1. The van der Waals surface area contributed by atoms with Crippen LogP contribution >= 0.6 is 23.4 Å². The lowest BCUT2D eigenvalue weighted by molar-refractivity contribution is -0.118. The number of halogens is 1. The average Bonchev–Trinajstić information content (AvgIpc) is 2.78. The Balaban J connectivity index is 1.54. The van der Waals surface area contributed by atoms with Crippen molar-refractivity contribution < 1.29 is 14.3 Å². The molecule has 0 saturated heterocycles. The van der Waals surface area contributed by atoms with E-state index >= 15 is 0 Å². The Morgan fingerprint density at radius 3 is 2.62 bits per heavy atom. The lowest BCUT2D eigenvalue weighted by Crippen LogP contribution is -2.19. The van der Waals surface area contributed by atoms with Crippen molar-refractivity contribution >= 4 is 35.5 Å². The number of rotatable bonds is 10. The summed E-state index contributed by atoms with van der Waals surface area (Å²) < 4.78 is 11.6. The molecule has 3 rings (SSSR count). The zero-order valence-electron chi connectivity index (χ0n) is 18.0.